The largest absolute Gasteiger partial charge is 0.493 e. The second-order valence-corrected chi connectivity index (χ2v) is 7.45. The van der Waals surface area contributed by atoms with Gasteiger partial charge in [-0.05, 0) is 55.2 Å². The number of nitrogens with one attached hydrogen (secondary N) is 2. The molecule has 6 heteroatoms. The summed E-state index contributed by atoms with van der Waals surface area (Å²) in [5, 5.41) is 5.43. The summed E-state index contributed by atoms with van der Waals surface area (Å²) in [7, 11) is 0. The van der Waals surface area contributed by atoms with E-state index in [4.69, 9.17) is 4.74 Å². The van der Waals surface area contributed by atoms with Gasteiger partial charge in [-0.2, -0.15) is 0 Å². The molecule has 29 heavy (non-hydrogen) atoms. The van der Waals surface area contributed by atoms with Crippen molar-refractivity contribution in [2.45, 2.75) is 26.2 Å². The van der Waals surface area contributed by atoms with Crippen molar-refractivity contribution in [1.82, 2.24) is 5.32 Å². The smallest absolute Gasteiger partial charge is 0.243 e. The van der Waals surface area contributed by atoms with Gasteiger partial charge in [0.15, 0.2) is 0 Å². The van der Waals surface area contributed by atoms with E-state index in [1.165, 1.54) is 18.5 Å². The van der Waals surface area contributed by atoms with E-state index in [2.05, 4.69) is 22.5 Å². The molecule has 2 aromatic carbocycles. The number of carbonyl (C=O) groups excluding carboxylic acids is 2. The molecule has 1 saturated heterocycles. The van der Waals surface area contributed by atoms with Crippen molar-refractivity contribution in [2.24, 2.45) is 5.92 Å². The number of benzene rings is 2. The van der Waals surface area contributed by atoms with Crippen LogP contribution in [0.3, 0.4) is 0 Å². The Morgan fingerprint density at radius 3 is 2.38 bits per heavy atom. The van der Waals surface area contributed by atoms with Crippen LogP contribution in [0.2, 0.25) is 0 Å². The molecule has 0 atom stereocenters. The van der Waals surface area contributed by atoms with Gasteiger partial charge in [0, 0.05) is 24.5 Å². The Labute approximate surface area is 172 Å². The molecule has 2 aromatic rings. The van der Waals surface area contributed by atoms with Crippen LogP contribution in [0, 0.1) is 5.92 Å². The molecule has 0 radical (unpaired) electrons. The van der Waals surface area contributed by atoms with Crippen molar-refractivity contribution in [3.8, 4) is 5.75 Å². The second kappa shape index (κ2) is 10.5. The maximum Gasteiger partial charge on any atom is 0.243 e. The van der Waals surface area contributed by atoms with Gasteiger partial charge in [0.25, 0.3) is 0 Å². The fraction of sp³-hybridized carbons (Fsp3) is 0.391. The van der Waals surface area contributed by atoms with E-state index in [1.807, 2.05) is 54.6 Å². The molecule has 6 nitrogen and oxygen atoms in total. The average Bonchev–Trinajstić information content (AvgIpc) is 2.74. The highest BCUT2D eigenvalue weighted by molar-refractivity contribution is 5.94. The first-order valence-electron chi connectivity index (χ1n) is 10.2. The molecule has 1 aliphatic heterocycles. The molecule has 0 aliphatic carbocycles. The first-order chi connectivity index (χ1) is 14.1. The standard InChI is InChI=1S/C23H29N3O3/c1-18-11-14-26(15-12-18)20-9-7-19(8-10-20)25-23(28)17-24-22(27)13-16-29-21-5-3-2-4-6-21/h2-10,18H,11-17H2,1H3,(H,24,27)(H,25,28). The van der Waals surface area contributed by atoms with Crippen LogP contribution in [0.4, 0.5) is 11.4 Å². The predicted molar refractivity (Wildman–Crippen MR) is 115 cm³/mol. The highest BCUT2D eigenvalue weighted by Crippen LogP contribution is 2.24. The minimum atomic E-state index is -0.248. The number of hydrogen-bond acceptors (Lipinski definition) is 4. The van der Waals surface area contributed by atoms with Crippen LogP contribution in [0.5, 0.6) is 5.75 Å². The summed E-state index contributed by atoms with van der Waals surface area (Å²) in [5.74, 6) is 1.05. The van der Waals surface area contributed by atoms with Crippen LogP contribution in [-0.2, 0) is 9.59 Å². The van der Waals surface area contributed by atoms with Crippen molar-refractivity contribution in [3.63, 3.8) is 0 Å². The summed E-state index contributed by atoms with van der Waals surface area (Å²) in [6, 6.07) is 17.2. The van der Waals surface area contributed by atoms with Gasteiger partial charge in [-0.15, -0.1) is 0 Å². The number of nitrogens with zero attached hydrogens (tertiary/aromatic N) is 1. The summed E-state index contributed by atoms with van der Waals surface area (Å²) >= 11 is 0. The Balaban J connectivity index is 1.35. The lowest BCUT2D eigenvalue weighted by atomic mass is 9.99. The average molecular weight is 396 g/mol. The SMILES string of the molecule is CC1CCN(c2ccc(NC(=O)CNC(=O)CCOc3ccccc3)cc2)CC1. The molecule has 0 saturated carbocycles. The number of hydrogen-bond donors (Lipinski definition) is 2. The summed E-state index contributed by atoms with van der Waals surface area (Å²) in [6.45, 7) is 4.66. The van der Waals surface area contributed by atoms with Gasteiger partial charge in [-0.25, -0.2) is 0 Å². The predicted octanol–water partition coefficient (Wildman–Crippen LogP) is 3.45. The fourth-order valence-corrected chi connectivity index (χ4v) is 3.27. The van der Waals surface area contributed by atoms with Gasteiger partial charge in [-0.3, -0.25) is 9.59 Å². The molecular weight excluding hydrogens is 366 g/mol. The Kier molecular flexibility index (Phi) is 7.50. The first-order valence-corrected chi connectivity index (χ1v) is 10.2. The molecule has 0 spiro atoms. The lowest BCUT2D eigenvalue weighted by molar-refractivity contribution is -0.124. The zero-order valence-corrected chi connectivity index (χ0v) is 16.9. The molecule has 1 aliphatic rings. The Morgan fingerprint density at radius 2 is 1.69 bits per heavy atom. The number of anilines is 2. The highest BCUT2D eigenvalue weighted by atomic mass is 16.5. The molecule has 2 N–H and O–H groups in total. The molecular formula is C23H29N3O3. The molecule has 0 aromatic heterocycles. The van der Waals surface area contributed by atoms with E-state index in [0.29, 0.717) is 0 Å². The van der Waals surface area contributed by atoms with Gasteiger partial charge in [0.05, 0.1) is 19.6 Å². The number of para-hydroxylation sites is 1. The minimum absolute atomic E-state index is 0.0596. The normalized spacial score (nSPS) is 14.3. The summed E-state index contributed by atoms with van der Waals surface area (Å²) in [6.07, 6.45) is 2.63. The minimum Gasteiger partial charge on any atom is -0.493 e. The molecule has 0 bridgehead atoms. The van der Waals surface area contributed by atoms with Crippen LogP contribution < -0.4 is 20.3 Å². The summed E-state index contributed by atoms with van der Waals surface area (Å²) < 4.78 is 5.48. The van der Waals surface area contributed by atoms with E-state index in [-0.39, 0.29) is 31.4 Å². The number of carbonyl (C=O) groups is 2. The number of piperidine rings is 1. The van der Waals surface area contributed by atoms with Gasteiger partial charge >= 0.3 is 0 Å². The van der Waals surface area contributed by atoms with Crippen LogP contribution in [0.1, 0.15) is 26.2 Å². The highest BCUT2D eigenvalue weighted by Gasteiger charge is 2.16. The lowest BCUT2D eigenvalue weighted by Gasteiger charge is -2.32. The maximum atomic E-state index is 12.1. The molecule has 1 fully saturated rings. The van der Waals surface area contributed by atoms with Crippen LogP contribution in [-0.4, -0.2) is 38.1 Å². The maximum absolute atomic E-state index is 12.1. The number of rotatable bonds is 8. The third kappa shape index (κ3) is 6.82. The topological polar surface area (TPSA) is 70.7 Å². The van der Waals surface area contributed by atoms with E-state index in [9.17, 15) is 9.59 Å². The summed E-state index contributed by atoms with van der Waals surface area (Å²) in [4.78, 5) is 26.3. The Morgan fingerprint density at radius 1 is 1.00 bits per heavy atom. The van der Waals surface area contributed by atoms with E-state index < -0.39 is 0 Å². The van der Waals surface area contributed by atoms with Gasteiger partial charge in [0.1, 0.15) is 5.75 Å². The van der Waals surface area contributed by atoms with Crippen LogP contribution in [0.15, 0.2) is 54.6 Å². The van der Waals surface area contributed by atoms with Crippen molar-refractivity contribution < 1.29 is 14.3 Å². The zero-order valence-electron chi connectivity index (χ0n) is 16.9. The van der Waals surface area contributed by atoms with Crippen LogP contribution in [0.25, 0.3) is 0 Å². The molecule has 3 rings (SSSR count). The first kappa shape index (κ1) is 20.7. The number of ether oxygens (including phenoxy) is 1. The quantitative estimate of drug-likeness (QED) is 0.718. The van der Waals surface area contributed by atoms with E-state index >= 15 is 0 Å². The second-order valence-electron chi connectivity index (χ2n) is 7.45. The third-order valence-corrected chi connectivity index (χ3v) is 5.09. The Hall–Kier alpha value is -3.02. The lowest BCUT2D eigenvalue weighted by Crippen LogP contribution is -2.33. The van der Waals surface area contributed by atoms with Gasteiger partial charge in [0.2, 0.25) is 11.8 Å². The molecule has 1 heterocycles. The zero-order chi connectivity index (χ0) is 20.5. The molecule has 0 unspecified atom stereocenters. The van der Waals surface area contributed by atoms with Crippen molar-refractivity contribution in [1.29, 1.82) is 0 Å². The third-order valence-electron chi connectivity index (χ3n) is 5.09. The van der Waals surface area contributed by atoms with Gasteiger partial charge in [-0.1, -0.05) is 25.1 Å². The fourth-order valence-electron chi connectivity index (χ4n) is 3.27. The monoisotopic (exact) mass is 395 g/mol. The summed E-state index contributed by atoms with van der Waals surface area (Å²) in [5.41, 5.74) is 1.91. The van der Waals surface area contributed by atoms with Crippen molar-refractivity contribution >= 4 is 23.2 Å². The van der Waals surface area contributed by atoms with E-state index in [0.717, 1.165) is 30.4 Å². The Bertz CT molecular complexity index is 785. The molecule has 154 valence electrons. The number of amides is 2. The van der Waals surface area contributed by atoms with E-state index in [1.54, 1.807) is 0 Å². The molecule has 2 amide bonds. The van der Waals surface area contributed by atoms with Gasteiger partial charge < -0.3 is 20.3 Å². The van der Waals surface area contributed by atoms with Crippen molar-refractivity contribution in [3.05, 3.63) is 54.6 Å². The van der Waals surface area contributed by atoms with Crippen LogP contribution >= 0.6 is 0 Å². The van der Waals surface area contributed by atoms with Crippen molar-refractivity contribution in [2.75, 3.05) is 36.5 Å².